The van der Waals surface area contributed by atoms with Crippen LogP contribution in [-0.4, -0.2) is 40.8 Å². The van der Waals surface area contributed by atoms with Crippen molar-refractivity contribution in [3.05, 3.63) is 69.3 Å². The number of methoxy groups -OCH3 is 1. The smallest absolute Gasteiger partial charge is 0.331 e. The van der Waals surface area contributed by atoms with E-state index in [1.54, 1.807) is 30.3 Å². The number of carbonyl (C=O) groups excluding carboxylic acids is 3. The van der Waals surface area contributed by atoms with Gasteiger partial charge < -0.3 is 9.47 Å². The molecule has 34 heavy (non-hydrogen) atoms. The molecule has 2 aromatic carbocycles. The highest BCUT2D eigenvalue weighted by atomic mass is 16.6. The monoisotopic (exact) mass is 465 g/mol. The molecular weight excluding hydrogens is 442 g/mol. The molecule has 10 heteroatoms. The van der Waals surface area contributed by atoms with Crippen LogP contribution in [0, 0.1) is 10.1 Å². The maximum Gasteiger partial charge on any atom is 0.331 e. The van der Waals surface area contributed by atoms with Crippen LogP contribution in [0.25, 0.3) is 6.08 Å². The van der Waals surface area contributed by atoms with Crippen molar-refractivity contribution in [2.45, 2.75) is 38.3 Å². The van der Waals surface area contributed by atoms with Crippen LogP contribution < -0.4 is 14.8 Å². The lowest BCUT2D eigenvalue weighted by atomic mass is 10.0. The quantitative estimate of drug-likeness (QED) is 0.286. The zero-order chi connectivity index (χ0) is 24.2. The molecule has 1 aliphatic carbocycles. The Morgan fingerprint density at radius 2 is 1.88 bits per heavy atom. The van der Waals surface area contributed by atoms with Crippen molar-refractivity contribution < 1.29 is 28.8 Å². The van der Waals surface area contributed by atoms with Crippen LogP contribution in [-0.2, 0) is 16.2 Å². The van der Waals surface area contributed by atoms with Gasteiger partial charge in [-0.05, 0) is 42.2 Å². The number of hydrogen-bond acceptors (Lipinski definition) is 7. The van der Waals surface area contributed by atoms with E-state index >= 15 is 0 Å². The van der Waals surface area contributed by atoms with E-state index in [1.165, 1.54) is 25.3 Å². The van der Waals surface area contributed by atoms with Crippen molar-refractivity contribution in [2.24, 2.45) is 0 Å². The first kappa shape index (κ1) is 23.0. The van der Waals surface area contributed by atoms with Gasteiger partial charge in [-0.15, -0.1) is 0 Å². The van der Waals surface area contributed by atoms with E-state index in [2.05, 4.69) is 5.32 Å². The number of imide groups is 2. The Hall–Kier alpha value is -4.21. The molecule has 1 saturated heterocycles. The van der Waals surface area contributed by atoms with Crippen LogP contribution in [0.1, 0.15) is 36.8 Å². The minimum absolute atomic E-state index is 0.0319. The zero-order valence-electron chi connectivity index (χ0n) is 18.5. The topological polar surface area (TPSA) is 128 Å². The summed E-state index contributed by atoms with van der Waals surface area (Å²) >= 11 is 0. The van der Waals surface area contributed by atoms with E-state index in [0.29, 0.717) is 22.6 Å². The van der Waals surface area contributed by atoms with Gasteiger partial charge in [0.1, 0.15) is 12.2 Å². The number of nitrogens with one attached hydrogen (secondary N) is 1. The third-order valence-electron chi connectivity index (χ3n) is 5.84. The Morgan fingerprint density at radius 3 is 2.59 bits per heavy atom. The summed E-state index contributed by atoms with van der Waals surface area (Å²) in [4.78, 5) is 49.2. The number of rotatable bonds is 7. The predicted octanol–water partition coefficient (Wildman–Crippen LogP) is 3.59. The van der Waals surface area contributed by atoms with Crippen LogP contribution in [0.15, 0.2) is 48.0 Å². The SMILES string of the molecule is COc1cc(/C=C2\C(=O)NC(=O)N(C3CCCC3)C2=O)ccc1OCc1cccc([N+](=O)[O-])c1. The standard InChI is InChI=1S/C24H23N3O7/c1-33-21-13-15(9-10-20(21)34-14-16-5-4-8-18(11-16)27(31)32)12-19-22(28)25-24(30)26(23(19)29)17-6-2-3-7-17/h4-5,8-13,17H,2-3,6-7,14H2,1H3,(H,25,28,30)/b19-12+. The van der Waals surface area contributed by atoms with Crippen molar-refractivity contribution >= 4 is 29.6 Å². The zero-order valence-corrected chi connectivity index (χ0v) is 18.5. The molecule has 0 spiro atoms. The number of benzene rings is 2. The summed E-state index contributed by atoms with van der Waals surface area (Å²) in [5.74, 6) is -0.606. The molecule has 1 saturated carbocycles. The fourth-order valence-electron chi connectivity index (χ4n) is 4.15. The van der Waals surface area contributed by atoms with Crippen LogP contribution in [0.5, 0.6) is 11.5 Å². The lowest BCUT2D eigenvalue weighted by Gasteiger charge is -2.31. The highest BCUT2D eigenvalue weighted by molar-refractivity contribution is 6.31. The van der Waals surface area contributed by atoms with Gasteiger partial charge in [0.25, 0.3) is 17.5 Å². The molecule has 10 nitrogen and oxygen atoms in total. The van der Waals surface area contributed by atoms with Gasteiger partial charge in [0, 0.05) is 18.2 Å². The Morgan fingerprint density at radius 1 is 1.12 bits per heavy atom. The van der Waals surface area contributed by atoms with E-state index in [9.17, 15) is 24.5 Å². The van der Waals surface area contributed by atoms with Crippen LogP contribution in [0.3, 0.4) is 0 Å². The maximum absolute atomic E-state index is 13.0. The molecule has 2 fully saturated rings. The number of nitro benzene ring substituents is 1. The molecule has 176 valence electrons. The number of non-ortho nitro benzene ring substituents is 1. The van der Waals surface area contributed by atoms with Gasteiger partial charge in [0.15, 0.2) is 11.5 Å². The Kier molecular flexibility index (Phi) is 6.58. The van der Waals surface area contributed by atoms with Gasteiger partial charge in [0.05, 0.1) is 12.0 Å². The average Bonchev–Trinajstić information content (AvgIpc) is 3.35. The summed E-state index contributed by atoms with van der Waals surface area (Å²) in [6.07, 6.45) is 4.74. The largest absolute Gasteiger partial charge is 0.493 e. The minimum Gasteiger partial charge on any atom is -0.493 e. The molecule has 2 aliphatic rings. The molecule has 0 bridgehead atoms. The molecular formula is C24H23N3O7. The first-order chi connectivity index (χ1) is 16.4. The molecule has 0 aromatic heterocycles. The van der Waals surface area contributed by atoms with E-state index in [1.807, 2.05) is 0 Å². The second-order valence-corrected chi connectivity index (χ2v) is 8.06. The molecule has 2 aromatic rings. The van der Waals surface area contributed by atoms with Gasteiger partial charge in [-0.25, -0.2) is 4.79 Å². The molecule has 4 rings (SSSR count). The summed E-state index contributed by atoms with van der Waals surface area (Å²) in [5.41, 5.74) is 0.969. The normalized spacial score (nSPS) is 17.7. The fraction of sp³-hybridized carbons (Fsp3) is 0.292. The minimum atomic E-state index is -0.741. The second-order valence-electron chi connectivity index (χ2n) is 8.06. The van der Waals surface area contributed by atoms with Crippen molar-refractivity contribution in [3.63, 3.8) is 0 Å². The number of carbonyl (C=O) groups is 3. The molecule has 1 heterocycles. The van der Waals surface area contributed by atoms with Crippen molar-refractivity contribution in [1.82, 2.24) is 10.2 Å². The number of ether oxygens (including phenoxy) is 2. The van der Waals surface area contributed by atoms with Gasteiger partial charge in [-0.1, -0.05) is 31.0 Å². The lowest BCUT2D eigenvalue weighted by molar-refractivity contribution is -0.384. The van der Waals surface area contributed by atoms with Crippen molar-refractivity contribution in [1.29, 1.82) is 0 Å². The molecule has 4 amide bonds. The Bertz CT molecular complexity index is 1180. The highest BCUT2D eigenvalue weighted by Gasteiger charge is 2.40. The fourth-order valence-corrected chi connectivity index (χ4v) is 4.15. The van der Waals surface area contributed by atoms with Gasteiger partial charge in [-0.2, -0.15) is 0 Å². The number of nitrogens with zero attached hydrogens (tertiary/aromatic N) is 2. The van der Waals surface area contributed by atoms with Gasteiger partial charge >= 0.3 is 6.03 Å². The van der Waals surface area contributed by atoms with Crippen molar-refractivity contribution in [2.75, 3.05) is 7.11 Å². The summed E-state index contributed by atoms with van der Waals surface area (Å²) in [6, 6.07) is 10.1. The maximum atomic E-state index is 13.0. The number of amides is 4. The van der Waals surface area contributed by atoms with Crippen LogP contribution in [0.2, 0.25) is 0 Å². The first-order valence-electron chi connectivity index (χ1n) is 10.8. The van der Waals surface area contributed by atoms with Crippen LogP contribution >= 0.6 is 0 Å². The molecule has 0 radical (unpaired) electrons. The predicted molar refractivity (Wildman–Crippen MR) is 121 cm³/mol. The van der Waals surface area contributed by atoms with E-state index in [4.69, 9.17) is 9.47 Å². The summed E-state index contributed by atoms with van der Waals surface area (Å²) in [5, 5.41) is 13.2. The lowest BCUT2D eigenvalue weighted by Crippen LogP contribution is -2.57. The third-order valence-corrected chi connectivity index (χ3v) is 5.84. The van der Waals surface area contributed by atoms with Gasteiger partial charge in [0.2, 0.25) is 0 Å². The summed E-state index contributed by atoms with van der Waals surface area (Å²) in [6.45, 7) is 0.0812. The summed E-state index contributed by atoms with van der Waals surface area (Å²) in [7, 11) is 1.45. The van der Waals surface area contributed by atoms with Crippen molar-refractivity contribution in [3.8, 4) is 11.5 Å². The third kappa shape index (κ3) is 4.75. The van der Waals surface area contributed by atoms with E-state index < -0.39 is 22.8 Å². The molecule has 0 atom stereocenters. The van der Waals surface area contributed by atoms with E-state index in [-0.39, 0.29) is 23.9 Å². The summed E-state index contributed by atoms with van der Waals surface area (Å²) < 4.78 is 11.2. The number of nitro groups is 1. The molecule has 1 aliphatic heterocycles. The molecule has 1 N–H and O–H groups in total. The number of barbiturate groups is 1. The molecule has 0 unspecified atom stereocenters. The first-order valence-corrected chi connectivity index (χ1v) is 10.8. The van der Waals surface area contributed by atoms with Gasteiger partial charge in [-0.3, -0.25) is 29.9 Å². The van der Waals surface area contributed by atoms with E-state index in [0.717, 1.165) is 30.6 Å². The highest BCUT2D eigenvalue weighted by Crippen LogP contribution is 2.31. The number of urea groups is 1. The Balaban J connectivity index is 1.54. The number of hydrogen-bond donors (Lipinski definition) is 1. The Labute approximate surface area is 195 Å². The average molecular weight is 465 g/mol. The second kappa shape index (κ2) is 9.74. The van der Waals surface area contributed by atoms with Crippen LogP contribution in [0.4, 0.5) is 10.5 Å².